The molecular weight excluding hydrogens is 234 g/mol. The van der Waals surface area contributed by atoms with Crippen molar-refractivity contribution in [2.45, 2.75) is 6.54 Å². The predicted molar refractivity (Wildman–Crippen MR) is 66.3 cm³/mol. The number of aliphatic imine (C=N–C) groups is 1. The van der Waals surface area contributed by atoms with Crippen molar-refractivity contribution in [1.29, 1.82) is 0 Å². The second-order valence-electron chi connectivity index (χ2n) is 3.79. The van der Waals surface area contributed by atoms with Crippen molar-refractivity contribution in [3.63, 3.8) is 0 Å². The molecule has 1 saturated heterocycles. The van der Waals surface area contributed by atoms with E-state index in [-0.39, 0.29) is 0 Å². The summed E-state index contributed by atoms with van der Waals surface area (Å²) < 4.78 is 10.3. The monoisotopic (exact) mass is 251 g/mol. The molecule has 98 valence electrons. The minimum Gasteiger partial charge on any atom is -0.481 e. The van der Waals surface area contributed by atoms with Crippen LogP contribution in [0.5, 0.6) is 5.88 Å². The Labute approximate surface area is 106 Å². The molecule has 18 heavy (non-hydrogen) atoms. The molecule has 1 aromatic heterocycles. The predicted octanol–water partition coefficient (Wildman–Crippen LogP) is -0.368. The summed E-state index contributed by atoms with van der Waals surface area (Å²) in [6, 6.07) is 1.69. The molecule has 0 aliphatic carbocycles. The summed E-state index contributed by atoms with van der Waals surface area (Å²) in [7, 11) is 1.57. The molecule has 2 N–H and O–H groups in total. The molecule has 7 nitrogen and oxygen atoms in total. The first-order valence-corrected chi connectivity index (χ1v) is 5.78. The van der Waals surface area contributed by atoms with E-state index in [9.17, 15) is 0 Å². The van der Waals surface area contributed by atoms with E-state index in [2.05, 4.69) is 15.0 Å². The van der Waals surface area contributed by atoms with Crippen LogP contribution in [0.4, 0.5) is 0 Å². The van der Waals surface area contributed by atoms with E-state index in [0.29, 0.717) is 37.4 Å². The Bertz CT molecular complexity index is 418. The van der Waals surface area contributed by atoms with E-state index < -0.39 is 0 Å². The molecular formula is C11H17N5O2. The van der Waals surface area contributed by atoms with Crippen molar-refractivity contribution in [3.8, 4) is 5.88 Å². The van der Waals surface area contributed by atoms with Crippen molar-refractivity contribution in [3.05, 3.63) is 18.1 Å². The third kappa shape index (κ3) is 3.30. The number of ether oxygens (including phenoxy) is 2. The molecule has 2 rings (SSSR count). The summed E-state index contributed by atoms with van der Waals surface area (Å²) in [4.78, 5) is 14.5. The molecule has 1 fully saturated rings. The summed E-state index contributed by atoms with van der Waals surface area (Å²) >= 11 is 0. The number of guanidine groups is 1. The first-order chi connectivity index (χ1) is 8.79. The van der Waals surface area contributed by atoms with E-state index in [1.807, 2.05) is 4.90 Å². The molecule has 1 aromatic rings. The summed E-state index contributed by atoms with van der Waals surface area (Å²) in [5.41, 5.74) is 5.90. The molecule has 0 spiro atoms. The molecule has 7 heteroatoms. The van der Waals surface area contributed by atoms with E-state index in [1.54, 1.807) is 19.4 Å². The van der Waals surface area contributed by atoms with Gasteiger partial charge in [-0.05, 0) is 0 Å². The maximum absolute atomic E-state index is 5.90. The highest BCUT2D eigenvalue weighted by molar-refractivity contribution is 5.78. The van der Waals surface area contributed by atoms with E-state index in [4.69, 9.17) is 15.2 Å². The van der Waals surface area contributed by atoms with E-state index >= 15 is 0 Å². The Morgan fingerprint density at radius 3 is 3.06 bits per heavy atom. The van der Waals surface area contributed by atoms with Gasteiger partial charge in [0.1, 0.15) is 6.54 Å². The topological polar surface area (TPSA) is 85.9 Å². The molecule has 0 bridgehead atoms. The van der Waals surface area contributed by atoms with Gasteiger partial charge in [0.05, 0.1) is 20.3 Å². The van der Waals surface area contributed by atoms with Gasteiger partial charge in [0.2, 0.25) is 5.88 Å². The Hall–Kier alpha value is -1.89. The third-order valence-corrected chi connectivity index (χ3v) is 2.61. The van der Waals surface area contributed by atoms with E-state index in [0.717, 1.165) is 13.1 Å². The normalized spacial score (nSPS) is 16.7. The van der Waals surface area contributed by atoms with Gasteiger partial charge >= 0.3 is 0 Å². The standard InChI is InChI=1S/C11H17N5O2/c1-17-10-2-3-13-9(15-10)8-14-11(12)16-4-6-18-7-5-16/h2-3H,4-8H2,1H3,(H2,12,14). The highest BCUT2D eigenvalue weighted by atomic mass is 16.5. The average Bonchev–Trinajstić information content (AvgIpc) is 2.46. The first-order valence-electron chi connectivity index (χ1n) is 5.78. The fourth-order valence-corrected chi connectivity index (χ4v) is 1.61. The van der Waals surface area contributed by atoms with Crippen molar-refractivity contribution >= 4 is 5.96 Å². The zero-order valence-electron chi connectivity index (χ0n) is 10.4. The van der Waals surface area contributed by atoms with Gasteiger partial charge in [0.15, 0.2) is 11.8 Å². The van der Waals surface area contributed by atoms with Crippen molar-refractivity contribution in [2.75, 3.05) is 33.4 Å². The summed E-state index contributed by atoms with van der Waals surface area (Å²) in [5.74, 6) is 1.62. The van der Waals surface area contributed by atoms with Crippen molar-refractivity contribution in [1.82, 2.24) is 14.9 Å². The minimum absolute atomic E-state index is 0.348. The van der Waals surface area contributed by atoms with Crippen LogP contribution >= 0.6 is 0 Å². The molecule has 2 heterocycles. The Morgan fingerprint density at radius 1 is 1.56 bits per heavy atom. The van der Waals surface area contributed by atoms with Crippen LogP contribution in [0.1, 0.15) is 5.82 Å². The van der Waals surface area contributed by atoms with Crippen LogP contribution in [0.25, 0.3) is 0 Å². The second kappa shape index (κ2) is 6.15. The van der Waals surface area contributed by atoms with Crippen LogP contribution in [0.2, 0.25) is 0 Å². The molecule has 0 unspecified atom stereocenters. The zero-order valence-corrected chi connectivity index (χ0v) is 10.4. The highest BCUT2D eigenvalue weighted by Gasteiger charge is 2.12. The van der Waals surface area contributed by atoms with Gasteiger partial charge in [0.25, 0.3) is 0 Å². The van der Waals surface area contributed by atoms with Crippen molar-refractivity contribution < 1.29 is 9.47 Å². The largest absolute Gasteiger partial charge is 0.481 e. The number of hydrogen-bond donors (Lipinski definition) is 1. The molecule has 0 aromatic carbocycles. The van der Waals surface area contributed by atoms with Crippen molar-refractivity contribution in [2.24, 2.45) is 10.7 Å². The maximum Gasteiger partial charge on any atom is 0.216 e. The molecule has 0 saturated carbocycles. The van der Waals surface area contributed by atoms with Crippen LogP contribution in [0.3, 0.4) is 0 Å². The fourth-order valence-electron chi connectivity index (χ4n) is 1.61. The van der Waals surface area contributed by atoms with Gasteiger partial charge in [-0.2, -0.15) is 4.98 Å². The molecule has 1 aliphatic rings. The molecule has 0 atom stereocenters. The fraction of sp³-hybridized carbons (Fsp3) is 0.545. The van der Waals surface area contributed by atoms with Crippen LogP contribution in [-0.2, 0) is 11.3 Å². The number of morpholine rings is 1. The number of hydrogen-bond acceptors (Lipinski definition) is 5. The summed E-state index contributed by atoms with van der Waals surface area (Å²) in [5, 5.41) is 0. The lowest BCUT2D eigenvalue weighted by atomic mass is 10.4. The summed E-state index contributed by atoms with van der Waals surface area (Å²) in [6.07, 6.45) is 1.64. The Morgan fingerprint density at radius 2 is 2.33 bits per heavy atom. The number of nitrogens with zero attached hydrogens (tertiary/aromatic N) is 4. The first kappa shape index (κ1) is 12.6. The van der Waals surface area contributed by atoms with Gasteiger partial charge in [-0.25, -0.2) is 9.98 Å². The van der Waals surface area contributed by atoms with Crippen LogP contribution in [-0.4, -0.2) is 54.2 Å². The molecule has 0 amide bonds. The van der Waals surface area contributed by atoms with Gasteiger partial charge in [0, 0.05) is 25.4 Å². The Kier molecular flexibility index (Phi) is 4.30. The highest BCUT2D eigenvalue weighted by Crippen LogP contribution is 2.05. The smallest absolute Gasteiger partial charge is 0.216 e. The van der Waals surface area contributed by atoms with Gasteiger partial charge in [-0.15, -0.1) is 0 Å². The number of methoxy groups -OCH3 is 1. The quantitative estimate of drug-likeness (QED) is 0.583. The van der Waals surface area contributed by atoms with Gasteiger partial charge in [-0.3, -0.25) is 0 Å². The van der Waals surface area contributed by atoms with Gasteiger partial charge < -0.3 is 20.1 Å². The van der Waals surface area contributed by atoms with Crippen LogP contribution < -0.4 is 10.5 Å². The van der Waals surface area contributed by atoms with E-state index in [1.165, 1.54) is 0 Å². The van der Waals surface area contributed by atoms with Crippen LogP contribution in [0, 0.1) is 0 Å². The summed E-state index contributed by atoms with van der Waals surface area (Å²) in [6.45, 7) is 3.26. The average molecular weight is 251 g/mol. The third-order valence-electron chi connectivity index (χ3n) is 2.61. The lowest BCUT2D eigenvalue weighted by Gasteiger charge is -2.27. The number of rotatable bonds is 3. The SMILES string of the molecule is COc1ccnc(CN=C(N)N2CCOCC2)n1. The molecule has 0 radical (unpaired) electrons. The zero-order chi connectivity index (χ0) is 12.8. The maximum atomic E-state index is 5.90. The molecule has 1 aliphatic heterocycles. The van der Waals surface area contributed by atoms with Crippen LogP contribution in [0.15, 0.2) is 17.3 Å². The number of nitrogens with two attached hydrogens (primary N) is 1. The lowest BCUT2D eigenvalue weighted by molar-refractivity contribution is 0.0674. The second-order valence-corrected chi connectivity index (χ2v) is 3.79. The minimum atomic E-state index is 0.348. The number of aromatic nitrogens is 2. The van der Waals surface area contributed by atoms with Gasteiger partial charge in [-0.1, -0.05) is 0 Å². The lowest BCUT2D eigenvalue weighted by Crippen LogP contribution is -2.44. The Balaban J connectivity index is 1.95.